The van der Waals surface area contributed by atoms with Crippen molar-refractivity contribution < 1.29 is 8.78 Å². The van der Waals surface area contributed by atoms with Gasteiger partial charge < -0.3 is 19.7 Å². The highest BCUT2D eigenvalue weighted by Crippen LogP contribution is 2.37. The number of hydrogen-bond donors (Lipinski definition) is 1. The van der Waals surface area contributed by atoms with E-state index in [0.29, 0.717) is 47.2 Å². The molecule has 2 fully saturated rings. The number of piperazine rings is 1. The summed E-state index contributed by atoms with van der Waals surface area (Å²) in [5.41, 5.74) is 2.46. The van der Waals surface area contributed by atoms with Gasteiger partial charge in [-0.3, -0.25) is 0 Å². The number of aromatic amines is 1. The summed E-state index contributed by atoms with van der Waals surface area (Å²) >= 11 is 0. The lowest BCUT2D eigenvalue weighted by Crippen LogP contribution is -2.44. The maximum absolute atomic E-state index is 14.6. The summed E-state index contributed by atoms with van der Waals surface area (Å²) in [6, 6.07) is 9.17. The fraction of sp³-hybridized carbons (Fsp3) is 0.321. The lowest BCUT2D eigenvalue weighted by Gasteiger charge is -2.33. The van der Waals surface area contributed by atoms with Crippen molar-refractivity contribution in [3.63, 3.8) is 0 Å². The van der Waals surface area contributed by atoms with Crippen molar-refractivity contribution >= 4 is 17.3 Å². The van der Waals surface area contributed by atoms with Gasteiger partial charge in [-0.15, -0.1) is 10.2 Å². The van der Waals surface area contributed by atoms with Gasteiger partial charge in [-0.05, 0) is 56.3 Å². The highest BCUT2D eigenvalue weighted by molar-refractivity contribution is 5.74. The van der Waals surface area contributed by atoms with E-state index in [2.05, 4.69) is 42.1 Å². The molecule has 40 heavy (non-hydrogen) atoms. The van der Waals surface area contributed by atoms with E-state index in [-0.39, 0.29) is 6.04 Å². The molecule has 0 saturated carbocycles. The van der Waals surface area contributed by atoms with Crippen molar-refractivity contribution in [2.24, 2.45) is 0 Å². The number of hydrogen-bond acceptors (Lipinski definition) is 8. The van der Waals surface area contributed by atoms with Crippen molar-refractivity contribution in [2.45, 2.75) is 18.9 Å². The van der Waals surface area contributed by atoms with Crippen LogP contribution in [0.4, 0.5) is 20.4 Å². The van der Waals surface area contributed by atoms with Gasteiger partial charge in [0, 0.05) is 56.2 Å². The van der Waals surface area contributed by atoms with Gasteiger partial charge in [-0.1, -0.05) is 0 Å². The maximum atomic E-state index is 14.6. The smallest absolute Gasteiger partial charge is 0.168 e. The average molecular weight is 543 g/mol. The molecular formula is C28H28F2N10. The Morgan fingerprint density at radius 2 is 1.75 bits per heavy atom. The van der Waals surface area contributed by atoms with Crippen molar-refractivity contribution in [3.8, 4) is 22.8 Å². The number of rotatable bonds is 5. The minimum absolute atomic E-state index is 0.296. The van der Waals surface area contributed by atoms with Gasteiger partial charge in [-0.25, -0.2) is 23.3 Å². The summed E-state index contributed by atoms with van der Waals surface area (Å²) in [5.74, 6) is 1.90. The Morgan fingerprint density at radius 1 is 0.900 bits per heavy atom. The molecule has 0 aliphatic carbocycles. The quantitative estimate of drug-likeness (QED) is 0.357. The largest absolute Gasteiger partial charge is 0.354 e. The molecule has 0 spiro atoms. The predicted molar refractivity (Wildman–Crippen MR) is 147 cm³/mol. The number of H-pyrrole nitrogens is 1. The molecule has 2 aliphatic rings. The molecule has 2 saturated heterocycles. The van der Waals surface area contributed by atoms with Gasteiger partial charge in [-0.2, -0.15) is 5.10 Å². The summed E-state index contributed by atoms with van der Waals surface area (Å²) in [4.78, 5) is 19.4. The fourth-order valence-electron chi connectivity index (χ4n) is 5.58. The first kappa shape index (κ1) is 24.6. The van der Waals surface area contributed by atoms with Crippen LogP contribution in [0.2, 0.25) is 0 Å². The zero-order valence-electron chi connectivity index (χ0n) is 22.0. The van der Waals surface area contributed by atoms with Gasteiger partial charge in [0.05, 0.1) is 17.8 Å². The molecule has 204 valence electrons. The highest BCUT2D eigenvalue weighted by atomic mass is 19.1. The summed E-state index contributed by atoms with van der Waals surface area (Å²) in [5, 5.41) is 13.2. The second-order valence-electron chi connectivity index (χ2n) is 10.3. The Hall–Kier alpha value is -4.45. The number of nitrogens with zero attached hydrogens (tertiary/aromatic N) is 9. The normalized spacial score (nSPS) is 18.2. The molecular weight excluding hydrogens is 514 g/mol. The number of nitrogens with one attached hydrogen (secondary N) is 1. The molecule has 4 aromatic heterocycles. The first-order valence-corrected chi connectivity index (χ1v) is 13.4. The van der Waals surface area contributed by atoms with Crippen LogP contribution in [0.15, 0.2) is 55.0 Å². The molecule has 6 heterocycles. The van der Waals surface area contributed by atoms with Crippen molar-refractivity contribution in [1.29, 1.82) is 0 Å². The van der Waals surface area contributed by atoms with E-state index in [4.69, 9.17) is 4.98 Å². The molecule has 10 nitrogen and oxygen atoms in total. The third-order valence-electron chi connectivity index (χ3n) is 7.81. The van der Waals surface area contributed by atoms with Crippen LogP contribution in [-0.2, 0) is 0 Å². The van der Waals surface area contributed by atoms with E-state index in [9.17, 15) is 8.78 Å². The molecule has 0 radical (unpaired) electrons. The first-order valence-electron chi connectivity index (χ1n) is 13.4. The standard InChI is InChI=1S/C28H28F2N10/c1-37-11-13-38(14-12-37)24-7-4-18(16-31-24)26-34-27(36-35-26)21-17-32-40-10-8-25(33-28(21)40)39-9-2-3-23(39)20-15-19(29)5-6-22(20)30/h4-8,10,15-17,23H,2-3,9,11-14H2,1H3,(H,34,35,36)/t23-/m1/s1. The molecule has 12 heteroatoms. The third-order valence-corrected chi connectivity index (χ3v) is 7.81. The summed E-state index contributed by atoms with van der Waals surface area (Å²) in [6.45, 7) is 4.63. The number of benzene rings is 1. The molecule has 5 aromatic rings. The molecule has 7 rings (SSSR count). The monoisotopic (exact) mass is 542 g/mol. The van der Waals surface area contributed by atoms with Gasteiger partial charge in [0.2, 0.25) is 0 Å². The number of anilines is 2. The zero-order chi connectivity index (χ0) is 27.2. The van der Waals surface area contributed by atoms with Crippen LogP contribution < -0.4 is 9.80 Å². The van der Waals surface area contributed by atoms with E-state index in [1.807, 2.05) is 35.5 Å². The minimum Gasteiger partial charge on any atom is -0.354 e. The summed E-state index contributed by atoms with van der Waals surface area (Å²) in [7, 11) is 2.13. The minimum atomic E-state index is -0.449. The Kier molecular flexibility index (Phi) is 6.11. The fourth-order valence-corrected chi connectivity index (χ4v) is 5.58. The second kappa shape index (κ2) is 9.94. The molecule has 0 unspecified atom stereocenters. The molecule has 2 aliphatic heterocycles. The van der Waals surface area contributed by atoms with Gasteiger partial charge in [0.1, 0.15) is 23.3 Å². The van der Waals surface area contributed by atoms with E-state index in [0.717, 1.165) is 50.0 Å². The lowest BCUT2D eigenvalue weighted by molar-refractivity contribution is 0.312. The Bertz CT molecular complexity index is 1660. The highest BCUT2D eigenvalue weighted by Gasteiger charge is 2.30. The first-order chi connectivity index (χ1) is 19.5. The number of halogens is 2. The molecule has 0 amide bonds. The molecule has 1 aromatic carbocycles. The van der Waals surface area contributed by atoms with Crippen LogP contribution in [0.3, 0.4) is 0 Å². The topological polar surface area (TPSA) is 94.4 Å². The van der Waals surface area contributed by atoms with Gasteiger partial charge in [0.15, 0.2) is 17.3 Å². The van der Waals surface area contributed by atoms with Crippen LogP contribution in [0, 0.1) is 11.6 Å². The van der Waals surface area contributed by atoms with Gasteiger partial charge in [0.25, 0.3) is 0 Å². The van der Waals surface area contributed by atoms with E-state index >= 15 is 0 Å². The van der Waals surface area contributed by atoms with Gasteiger partial charge >= 0.3 is 0 Å². The zero-order valence-corrected chi connectivity index (χ0v) is 22.0. The Labute approximate surface area is 229 Å². The summed E-state index contributed by atoms with van der Waals surface area (Å²) < 4.78 is 30.2. The van der Waals surface area contributed by atoms with E-state index in [1.54, 1.807) is 10.7 Å². The molecule has 1 atom stereocenters. The SMILES string of the molecule is CN1CCN(c2ccc(-c3nnc(-c4cnn5ccc(N6CCC[C@@H]6c6cc(F)ccc6F)nc45)[nH]3)cn2)CC1. The van der Waals surface area contributed by atoms with E-state index < -0.39 is 11.6 Å². The average Bonchev–Trinajstić information content (AvgIpc) is 3.74. The Balaban J connectivity index is 1.16. The van der Waals surface area contributed by atoms with Crippen LogP contribution in [0.1, 0.15) is 24.4 Å². The third kappa shape index (κ3) is 4.43. The Morgan fingerprint density at radius 3 is 2.58 bits per heavy atom. The number of aromatic nitrogens is 7. The molecule has 1 N–H and O–H groups in total. The van der Waals surface area contributed by atoms with Crippen LogP contribution >= 0.6 is 0 Å². The number of fused-ring (bicyclic) bond motifs is 1. The predicted octanol–water partition coefficient (Wildman–Crippen LogP) is 3.95. The number of pyridine rings is 1. The van der Waals surface area contributed by atoms with Crippen molar-refractivity contribution in [3.05, 3.63) is 72.2 Å². The van der Waals surface area contributed by atoms with Crippen molar-refractivity contribution in [2.75, 3.05) is 49.6 Å². The van der Waals surface area contributed by atoms with Crippen LogP contribution in [-0.4, -0.2) is 79.4 Å². The second-order valence-corrected chi connectivity index (χ2v) is 10.3. The van der Waals surface area contributed by atoms with E-state index in [1.165, 1.54) is 12.1 Å². The van der Waals surface area contributed by atoms with Crippen LogP contribution in [0.5, 0.6) is 0 Å². The van der Waals surface area contributed by atoms with Crippen LogP contribution in [0.25, 0.3) is 28.4 Å². The maximum Gasteiger partial charge on any atom is 0.168 e. The molecule has 0 bridgehead atoms. The lowest BCUT2D eigenvalue weighted by atomic mass is 10.0. The summed E-state index contributed by atoms with van der Waals surface area (Å²) in [6.07, 6.45) is 6.89. The number of likely N-dealkylation sites (N-methyl/N-ethyl adjacent to an activating group) is 1. The van der Waals surface area contributed by atoms with Crippen molar-refractivity contribution in [1.82, 2.24) is 39.7 Å².